The van der Waals surface area contributed by atoms with Crippen LogP contribution in [0, 0.1) is 6.92 Å². The van der Waals surface area contributed by atoms with Gasteiger partial charge in [0.2, 0.25) is 5.91 Å². The molecule has 1 N–H and O–H groups in total. The van der Waals surface area contributed by atoms with Gasteiger partial charge in [-0.05, 0) is 68.3 Å². The maximum Gasteiger partial charge on any atom is 0.237 e. The van der Waals surface area contributed by atoms with Gasteiger partial charge in [-0.15, -0.1) is 17.9 Å². The number of aryl methyl sites for hydroxylation is 1. The Morgan fingerprint density at radius 3 is 2.88 bits per heavy atom. The van der Waals surface area contributed by atoms with Crippen molar-refractivity contribution in [1.29, 1.82) is 0 Å². The van der Waals surface area contributed by atoms with Crippen LogP contribution >= 0.6 is 11.3 Å². The molecule has 3 rings (SSSR count). The third kappa shape index (κ3) is 6.67. The molecule has 1 aromatic heterocycles. The third-order valence-electron chi connectivity index (χ3n) is 5.92. The molecule has 1 aromatic carbocycles. The zero-order chi connectivity index (χ0) is 22.9. The SMILES string of the molecule is C=CCCC(O)CN(CCC)CC(=O)N1CCc2sccc2C1COc1ccc(C)cc1. The van der Waals surface area contributed by atoms with Gasteiger partial charge < -0.3 is 14.7 Å². The van der Waals surface area contributed by atoms with Gasteiger partial charge in [-0.25, -0.2) is 0 Å². The van der Waals surface area contributed by atoms with Crippen LogP contribution in [0.4, 0.5) is 0 Å². The molecule has 1 aliphatic heterocycles. The van der Waals surface area contributed by atoms with E-state index in [1.807, 2.05) is 35.2 Å². The lowest BCUT2D eigenvalue weighted by Gasteiger charge is -2.37. The van der Waals surface area contributed by atoms with Crippen LogP contribution in [0.1, 0.15) is 48.2 Å². The van der Waals surface area contributed by atoms with Crippen molar-refractivity contribution in [2.24, 2.45) is 0 Å². The molecule has 1 aliphatic rings. The number of hydrogen-bond donors (Lipinski definition) is 1. The number of aliphatic hydroxyl groups is 1. The second-order valence-electron chi connectivity index (χ2n) is 8.53. The number of fused-ring (bicyclic) bond motifs is 1. The lowest BCUT2D eigenvalue weighted by Crippen LogP contribution is -2.47. The highest BCUT2D eigenvalue weighted by molar-refractivity contribution is 7.10. The molecule has 32 heavy (non-hydrogen) atoms. The quantitative estimate of drug-likeness (QED) is 0.474. The number of ether oxygens (including phenoxy) is 1. The van der Waals surface area contributed by atoms with Crippen LogP contribution in [0.5, 0.6) is 5.75 Å². The summed E-state index contributed by atoms with van der Waals surface area (Å²) < 4.78 is 6.12. The van der Waals surface area contributed by atoms with Crippen LogP contribution in [-0.4, -0.2) is 59.7 Å². The second-order valence-corrected chi connectivity index (χ2v) is 9.53. The van der Waals surface area contributed by atoms with E-state index in [4.69, 9.17) is 4.74 Å². The minimum atomic E-state index is -0.446. The van der Waals surface area contributed by atoms with Crippen LogP contribution in [0.15, 0.2) is 48.4 Å². The lowest BCUT2D eigenvalue weighted by atomic mass is 10.0. The van der Waals surface area contributed by atoms with Crippen LogP contribution in [0.25, 0.3) is 0 Å². The first-order chi connectivity index (χ1) is 15.5. The van der Waals surface area contributed by atoms with Crippen LogP contribution in [0.3, 0.4) is 0 Å². The minimum absolute atomic E-state index is 0.0898. The van der Waals surface area contributed by atoms with E-state index in [1.165, 1.54) is 16.0 Å². The largest absolute Gasteiger partial charge is 0.491 e. The summed E-state index contributed by atoms with van der Waals surface area (Å²) >= 11 is 1.76. The van der Waals surface area contributed by atoms with Gasteiger partial charge in [0.1, 0.15) is 12.4 Å². The molecule has 1 amide bonds. The summed E-state index contributed by atoms with van der Waals surface area (Å²) in [6.45, 7) is 10.6. The van der Waals surface area contributed by atoms with Crippen LogP contribution in [0.2, 0.25) is 0 Å². The van der Waals surface area contributed by atoms with Crippen molar-refractivity contribution in [3.63, 3.8) is 0 Å². The number of carbonyl (C=O) groups excluding carboxylic acids is 1. The van der Waals surface area contributed by atoms with Gasteiger partial charge in [-0.3, -0.25) is 9.69 Å². The second kappa shape index (κ2) is 12.2. The van der Waals surface area contributed by atoms with E-state index in [-0.39, 0.29) is 11.9 Å². The number of aliphatic hydroxyl groups excluding tert-OH is 1. The minimum Gasteiger partial charge on any atom is -0.491 e. The van der Waals surface area contributed by atoms with E-state index in [1.54, 1.807) is 11.3 Å². The van der Waals surface area contributed by atoms with Gasteiger partial charge in [0, 0.05) is 18.0 Å². The van der Waals surface area contributed by atoms with E-state index in [2.05, 4.69) is 36.8 Å². The number of thiophene rings is 1. The molecule has 0 spiro atoms. The molecule has 0 fully saturated rings. The summed E-state index contributed by atoms with van der Waals surface area (Å²) in [5.41, 5.74) is 2.40. The van der Waals surface area contributed by atoms with E-state index in [0.717, 1.165) is 31.6 Å². The van der Waals surface area contributed by atoms with Crippen molar-refractivity contribution in [3.8, 4) is 5.75 Å². The number of rotatable bonds is 12. The fraction of sp³-hybridized carbons (Fsp3) is 0.500. The molecule has 0 aliphatic carbocycles. The Bertz CT molecular complexity index is 864. The molecule has 0 bridgehead atoms. The van der Waals surface area contributed by atoms with Crippen molar-refractivity contribution in [3.05, 3.63) is 64.4 Å². The Morgan fingerprint density at radius 2 is 2.16 bits per heavy atom. The van der Waals surface area contributed by atoms with E-state index in [9.17, 15) is 9.90 Å². The zero-order valence-corrected chi connectivity index (χ0v) is 20.2. The third-order valence-corrected chi connectivity index (χ3v) is 6.91. The molecule has 6 heteroatoms. The molecule has 5 nitrogen and oxygen atoms in total. The first kappa shape index (κ1) is 24.5. The monoisotopic (exact) mass is 456 g/mol. The number of benzene rings is 1. The van der Waals surface area contributed by atoms with E-state index >= 15 is 0 Å². The van der Waals surface area contributed by atoms with E-state index < -0.39 is 6.10 Å². The Hall–Kier alpha value is -2.15. The van der Waals surface area contributed by atoms with E-state index in [0.29, 0.717) is 32.7 Å². The number of hydrogen-bond acceptors (Lipinski definition) is 5. The summed E-state index contributed by atoms with van der Waals surface area (Å²) in [5.74, 6) is 0.923. The number of amides is 1. The Labute approximate surface area is 196 Å². The van der Waals surface area contributed by atoms with Crippen molar-refractivity contribution in [1.82, 2.24) is 9.80 Å². The van der Waals surface area contributed by atoms with Crippen LogP contribution in [-0.2, 0) is 11.2 Å². The molecule has 0 saturated heterocycles. The predicted octanol–water partition coefficient (Wildman–Crippen LogP) is 4.60. The highest BCUT2D eigenvalue weighted by Gasteiger charge is 2.33. The Kier molecular flexibility index (Phi) is 9.33. The standard InChI is InChI=1S/C26H36N2O3S/c1-4-6-7-21(29)17-27(14-5-2)18-26(30)28-15-12-25-23(13-16-32-25)24(28)19-31-22-10-8-20(3)9-11-22/h4,8-11,13,16,21,24,29H,1,5-7,12,14-15,17-19H2,2-3H3. The topological polar surface area (TPSA) is 53.0 Å². The highest BCUT2D eigenvalue weighted by atomic mass is 32.1. The normalized spacial score (nSPS) is 16.6. The zero-order valence-electron chi connectivity index (χ0n) is 19.3. The van der Waals surface area contributed by atoms with Crippen LogP contribution < -0.4 is 4.74 Å². The van der Waals surface area contributed by atoms with Gasteiger partial charge in [-0.1, -0.05) is 30.7 Å². The summed E-state index contributed by atoms with van der Waals surface area (Å²) in [6, 6.07) is 10.1. The fourth-order valence-electron chi connectivity index (χ4n) is 4.22. The van der Waals surface area contributed by atoms with Gasteiger partial charge in [-0.2, -0.15) is 0 Å². The maximum absolute atomic E-state index is 13.4. The van der Waals surface area contributed by atoms with Crippen molar-refractivity contribution >= 4 is 17.2 Å². The molecule has 0 saturated carbocycles. The van der Waals surface area contributed by atoms with Crippen molar-refractivity contribution in [2.75, 3.05) is 32.8 Å². The molecule has 0 radical (unpaired) electrons. The Balaban J connectivity index is 1.69. The summed E-state index contributed by atoms with van der Waals surface area (Å²) in [5, 5.41) is 12.5. The Morgan fingerprint density at radius 1 is 1.38 bits per heavy atom. The smallest absolute Gasteiger partial charge is 0.237 e. The average Bonchev–Trinajstić information content (AvgIpc) is 3.26. The summed E-state index contributed by atoms with van der Waals surface area (Å²) in [7, 11) is 0. The first-order valence-corrected chi connectivity index (χ1v) is 12.5. The first-order valence-electron chi connectivity index (χ1n) is 11.6. The highest BCUT2D eigenvalue weighted by Crippen LogP contribution is 2.34. The summed E-state index contributed by atoms with van der Waals surface area (Å²) in [6.07, 6.45) is 4.65. The number of nitrogens with zero attached hydrogens (tertiary/aromatic N) is 2. The van der Waals surface area contributed by atoms with Gasteiger partial charge >= 0.3 is 0 Å². The van der Waals surface area contributed by atoms with Crippen molar-refractivity contribution < 1.29 is 14.6 Å². The summed E-state index contributed by atoms with van der Waals surface area (Å²) in [4.78, 5) is 18.8. The molecule has 2 aromatic rings. The number of carbonyl (C=O) groups is 1. The maximum atomic E-state index is 13.4. The molecular weight excluding hydrogens is 420 g/mol. The molecule has 2 atom stereocenters. The van der Waals surface area contributed by atoms with Gasteiger partial charge in [0.25, 0.3) is 0 Å². The molecule has 2 unspecified atom stereocenters. The lowest BCUT2D eigenvalue weighted by molar-refractivity contribution is -0.136. The van der Waals surface area contributed by atoms with Crippen molar-refractivity contribution in [2.45, 2.75) is 51.7 Å². The molecule has 2 heterocycles. The predicted molar refractivity (Wildman–Crippen MR) is 131 cm³/mol. The molecule has 174 valence electrons. The average molecular weight is 457 g/mol. The van der Waals surface area contributed by atoms with Gasteiger partial charge in [0.05, 0.1) is 18.7 Å². The fourth-order valence-corrected chi connectivity index (χ4v) is 5.15. The molecular formula is C26H36N2O3S. The van der Waals surface area contributed by atoms with Gasteiger partial charge in [0.15, 0.2) is 0 Å². The number of allylic oxidation sites excluding steroid dienone is 1.